The number of aromatic amines is 1. The van der Waals surface area contributed by atoms with Crippen LogP contribution in [-0.4, -0.2) is 29.1 Å². The summed E-state index contributed by atoms with van der Waals surface area (Å²) >= 11 is 0. The SMILES string of the molecule is O=C1CNCCCC1Cc1cn[nH]c1. The Kier molecular flexibility index (Phi) is 2.93. The number of hydrogen-bond donors (Lipinski definition) is 2. The molecule has 2 N–H and O–H groups in total. The molecule has 0 aromatic carbocycles. The number of Topliss-reactive ketones (excluding diaryl/α,β-unsaturated/α-hetero) is 1. The zero-order chi connectivity index (χ0) is 9.80. The van der Waals surface area contributed by atoms with Gasteiger partial charge in [-0.1, -0.05) is 0 Å². The van der Waals surface area contributed by atoms with Gasteiger partial charge >= 0.3 is 0 Å². The number of aromatic nitrogens is 2. The molecule has 14 heavy (non-hydrogen) atoms. The van der Waals surface area contributed by atoms with Gasteiger partial charge in [0, 0.05) is 12.1 Å². The molecule has 1 aromatic rings. The lowest BCUT2D eigenvalue weighted by molar-refractivity contribution is -0.121. The van der Waals surface area contributed by atoms with Gasteiger partial charge in [-0.2, -0.15) is 5.10 Å². The summed E-state index contributed by atoms with van der Waals surface area (Å²) in [6.45, 7) is 1.50. The molecule has 1 atom stereocenters. The van der Waals surface area contributed by atoms with E-state index in [-0.39, 0.29) is 5.92 Å². The molecule has 0 amide bonds. The quantitative estimate of drug-likeness (QED) is 0.720. The molecule has 0 aliphatic carbocycles. The molecule has 0 radical (unpaired) electrons. The molecule has 1 fully saturated rings. The minimum atomic E-state index is 0.183. The second-order valence-electron chi connectivity index (χ2n) is 3.79. The van der Waals surface area contributed by atoms with E-state index in [1.54, 1.807) is 6.20 Å². The summed E-state index contributed by atoms with van der Waals surface area (Å²) in [7, 11) is 0. The first kappa shape index (κ1) is 9.40. The smallest absolute Gasteiger partial charge is 0.150 e. The van der Waals surface area contributed by atoms with Gasteiger partial charge in [0.15, 0.2) is 0 Å². The lowest BCUT2D eigenvalue weighted by Gasteiger charge is -2.10. The van der Waals surface area contributed by atoms with Crippen molar-refractivity contribution in [3.63, 3.8) is 0 Å². The van der Waals surface area contributed by atoms with Crippen molar-refractivity contribution in [3.05, 3.63) is 18.0 Å². The molecule has 76 valence electrons. The molecule has 1 unspecified atom stereocenters. The minimum Gasteiger partial charge on any atom is -0.310 e. The Labute approximate surface area is 83.1 Å². The molecule has 0 saturated carbocycles. The monoisotopic (exact) mass is 193 g/mol. The average molecular weight is 193 g/mol. The van der Waals surface area contributed by atoms with E-state index < -0.39 is 0 Å². The van der Waals surface area contributed by atoms with Crippen LogP contribution in [0.2, 0.25) is 0 Å². The van der Waals surface area contributed by atoms with Crippen molar-refractivity contribution in [1.29, 1.82) is 0 Å². The summed E-state index contributed by atoms with van der Waals surface area (Å²) in [6.07, 6.45) is 6.58. The summed E-state index contributed by atoms with van der Waals surface area (Å²) in [4.78, 5) is 11.6. The Morgan fingerprint density at radius 3 is 3.29 bits per heavy atom. The second kappa shape index (κ2) is 4.37. The highest BCUT2D eigenvalue weighted by Crippen LogP contribution is 2.15. The van der Waals surface area contributed by atoms with E-state index in [2.05, 4.69) is 15.5 Å². The first-order valence-corrected chi connectivity index (χ1v) is 5.07. The summed E-state index contributed by atoms with van der Waals surface area (Å²) in [5.74, 6) is 0.520. The number of nitrogens with one attached hydrogen (secondary N) is 2. The number of rotatable bonds is 2. The maximum Gasteiger partial charge on any atom is 0.150 e. The standard InChI is InChI=1S/C10H15N3O/c14-10-7-11-3-1-2-9(10)4-8-5-12-13-6-8/h5-6,9,11H,1-4,7H2,(H,12,13). The van der Waals surface area contributed by atoms with Gasteiger partial charge in [0.1, 0.15) is 5.78 Å². The van der Waals surface area contributed by atoms with Crippen molar-refractivity contribution in [3.8, 4) is 0 Å². The van der Waals surface area contributed by atoms with E-state index in [0.29, 0.717) is 12.3 Å². The van der Waals surface area contributed by atoms with Crippen LogP contribution in [0.25, 0.3) is 0 Å². The molecule has 2 rings (SSSR count). The fraction of sp³-hybridized carbons (Fsp3) is 0.600. The molecule has 1 saturated heterocycles. The lowest BCUT2D eigenvalue weighted by Crippen LogP contribution is -2.25. The third-order valence-corrected chi connectivity index (χ3v) is 2.70. The van der Waals surface area contributed by atoms with Crippen molar-refractivity contribution in [2.24, 2.45) is 5.92 Å². The summed E-state index contributed by atoms with van der Waals surface area (Å²) in [5.41, 5.74) is 1.13. The van der Waals surface area contributed by atoms with Crippen LogP contribution in [0.3, 0.4) is 0 Å². The predicted molar refractivity (Wildman–Crippen MR) is 52.9 cm³/mol. The van der Waals surface area contributed by atoms with Crippen LogP contribution in [0.1, 0.15) is 18.4 Å². The lowest BCUT2D eigenvalue weighted by atomic mass is 9.93. The van der Waals surface area contributed by atoms with Gasteiger partial charge in [-0.3, -0.25) is 9.89 Å². The van der Waals surface area contributed by atoms with Crippen LogP contribution in [0.4, 0.5) is 0 Å². The van der Waals surface area contributed by atoms with E-state index in [9.17, 15) is 4.79 Å². The van der Waals surface area contributed by atoms with Gasteiger partial charge < -0.3 is 5.32 Å². The third-order valence-electron chi connectivity index (χ3n) is 2.70. The van der Waals surface area contributed by atoms with Crippen LogP contribution in [0.15, 0.2) is 12.4 Å². The van der Waals surface area contributed by atoms with Crippen LogP contribution >= 0.6 is 0 Å². The van der Waals surface area contributed by atoms with E-state index in [4.69, 9.17) is 0 Å². The highest BCUT2D eigenvalue weighted by Gasteiger charge is 2.20. The topological polar surface area (TPSA) is 57.8 Å². The van der Waals surface area contributed by atoms with E-state index in [0.717, 1.165) is 31.4 Å². The molecule has 1 aromatic heterocycles. The van der Waals surface area contributed by atoms with E-state index in [1.165, 1.54) is 0 Å². The Bertz CT molecular complexity index is 294. The first-order valence-electron chi connectivity index (χ1n) is 5.07. The van der Waals surface area contributed by atoms with Crippen molar-refractivity contribution in [2.45, 2.75) is 19.3 Å². The number of ketones is 1. The normalized spacial score (nSPS) is 23.4. The Morgan fingerprint density at radius 1 is 1.57 bits per heavy atom. The molecule has 4 heteroatoms. The maximum atomic E-state index is 11.6. The Balaban J connectivity index is 1.98. The first-order chi connectivity index (χ1) is 6.86. The number of carbonyl (C=O) groups is 1. The third kappa shape index (κ3) is 2.20. The molecule has 1 aliphatic rings. The van der Waals surface area contributed by atoms with Crippen LogP contribution in [0, 0.1) is 5.92 Å². The fourth-order valence-electron chi connectivity index (χ4n) is 1.88. The minimum absolute atomic E-state index is 0.183. The van der Waals surface area contributed by atoms with E-state index >= 15 is 0 Å². The highest BCUT2D eigenvalue weighted by atomic mass is 16.1. The van der Waals surface area contributed by atoms with Crippen molar-refractivity contribution in [1.82, 2.24) is 15.5 Å². The predicted octanol–water partition coefficient (Wildman–Crippen LogP) is 0.521. The van der Waals surface area contributed by atoms with Gasteiger partial charge in [-0.25, -0.2) is 0 Å². The zero-order valence-corrected chi connectivity index (χ0v) is 8.12. The molecule has 0 spiro atoms. The molecule has 2 heterocycles. The molecular weight excluding hydrogens is 178 g/mol. The van der Waals surface area contributed by atoms with Crippen LogP contribution in [-0.2, 0) is 11.2 Å². The summed E-state index contributed by atoms with van der Waals surface area (Å²) in [5, 5.41) is 9.79. The van der Waals surface area contributed by atoms with Gasteiger partial charge in [-0.05, 0) is 31.4 Å². The molecule has 4 nitrogen and oxygen atoms in total. The van der Waals surface area contributed by atoms with Crippen molar-refractivity contribution in [2.75, 3.05) is 13.1 Å². The average Bonchev–Trinajstić information content (AvgIpc) is 2.60. The maximum absolute atomic E-state index is 11.6. The van der Waals surface area contributed by atoms with Crippen molar-refractivity contribution < 1.29 is 4.79 Å². The number of nitrogens with zero attached hydrogens (tertiary/aromatic N) is 1. The molecule has 0 bridgehead atoms. The zero-order valence-electron chi connectivity index (χ0n) is 8.12. The van der Waals surface area contributed by atoms with Crippen LogP contribution < -0.4 is 5.32 Å². The highest BCUT2D eigenvalue weighted by molar-refractivity contribution is 5.83. The fourth-order valence-corrected chi connectivity index (χ4v) is 1.88. The van der Waals surface area contributed by atoms with Crippen LogP contribution in [0.5, 0.6) is 0 Å². The number of hydrogen-bond acceptors (Lipinski definition) is 3. The number of carbonyl (C=O) groups excluding carboxylic acids is 1. The largest absolute Gasteiger partial charge is 0.310 e. The van der Waals surface area contributed by atoms with Gasteiger partial charge in [0.2, 0.25) is 0 Å². The summed E-state index contributed by atoms with van der Waals surface area (Å²) in [6, 6.07) is 0. The Hall–Kier alpha value is -1.16. The second-order valence-corrected chi connectivity index (χ2v) is 3.79. The van der Waals surface area contributed by atoms with E-state index in [1.807, 2.05) is 6.20 Å². The molecule has 1 aliphatic heterocycles. The Morgan fingerprint density at radius 2 is 2.50 bits per heavy atom. The van der Waals surface area contributed by atoms with Gasteiger partial charge in [-0.15, -0.1) is 0 Å². The number of H-pyrrole nitrogens is 1. The van der Waals surface area contributed by atoms with Gasteiger partial charge in [0.05, 0.1) is 12.7 Å². The van der Waals surface area contributed by atoms with Crippen molar-refractivity contribution >= 4 is 5.78 Å². The summed E-state index contributed by atoms with van der Waals surface area (Å²) < 4.78 is 0. The van der Waals surface area contributed by atoms with Gasteiger partial charge in [0.25, 0.3) is 0 Å². The molecular formula is C10H15N3O.